The second-order valence-corrected chi connectivity index (χ2v) is 10.3. The Hall–Kier alpha value is -4.19. The van der Waals surface area contributed by atoms with Crippen molar-refractivity contribution in [1.29, 1.82) is 0 Å². The first-order chi connectivity index (χ1) is 19.8. The maximum Gasteiger partial charge on any atom is 0.295 e. The fourth-order valence-electron chi connectivity index (χ4n) is 4.85. The molecule has 41 heavy (non-hydrogen) atoms. The summed E-state index contributed by atoms with van der Waals surface area (Å²) in [4.78, 5) is 44.9. The number of Topliss-reactive ketones (excluding diaryl/α,β-unsaturated/α-hetero) is 1. The summed E-state index contributed by atoms with van der Waals surface area (Å²) >= 11 is 0. The zero-order chi connectivity index (χ0) is 29.8. The minimum atomic E-state index is -1.25. The summed E-state index contributed by atoms with van der Waals surface area (Å²) in [5.74, 6) is -0.419. The molecule has 0 aliphatic heterocycles. The minimum absolute atomic E-state index is 0.166. The van der Waals surface area contributed by atoms with Crippen LogP contribution in [-0.2, 0) is 21.0 Å². The molecule has 2 atom stereocenters. The minimum Gasteiger partial charge on any atom is -0.328 e. The highest BCUT2D eigenvalue weighted by molar-refractivity contribution is 5.92. The van der Waals surface area contributed by atoms with E-state index in [1.54, 1.807) is 11.9 Å². The van der Waals surface area contributed by atoms with Crippen LogP contribution in [-0.4, -0.2) is 68.0 Å². The van der Waals surface area contributed by atoms with Gasteiger partial charge in [-0.15, -0.1) is 20.3 Å². The number of benzene rings is 2. The third-order valence-corrected chi connectivity index (χ3v) is 6.88. The van der Waals surface area contributed by atoms with Crippen molar-refractivity contribution in [2.75, 3.05) is 13.6 Å². The van der Waals surface area contributed by atoms with Gasteiger partial charge in [-0.1, -0.05) is 75.7 Å². The summed E-state index contributed by atoms with van der Waals surface area (Å²) < 4.78 is 0. The van der Waals surface area contributed by atoms with E-state index in [0.717, 1.165) is 28.7 Å². The third kappa shape index (κ3) is 8.65. The van der Waals surface area contributed by atoms with Crippen molar-refractivity contribution < 1.29 is 19.5 Å². The molecule has 1 heterocycles. The molecule has 0 spiro atoms. The molecule has 12 heteroatoms. The van der Waals surface area contributed by atoms with Crippen LogP contribution in [0.15, 0.2) is 48.5 Å². The van der Waals surface area contributed by atoms with Crippen molar-refractivity contribution in [2.45, 2.75) is 71.6 Å². The number of aromatic nitrogens is 4. The van der Waals surface area contributed by atoms with E-state index in [1.165, 1.54) is 0 Å². The Kier molecular flexibility index (Phi) is 11.9. The van der Waals surface area contributed by atoms with Crippen LogP contribution < -0.4 is 5.32 Å². The smallest absolute Gasteiger partial charge is 0.295 e. The molecule has 3 aromatic rings. The summed E-state index contributed by atoms with van der Waals surface area (Å²) in [5.41, 5.74) is 3.51. The van der Waals surface area contributed by atoms with Crippen molar-refractivity contribution in [3.63, 3.8) is 0 Å². The Morgan fingerprint density at radius 2 is 1.80 bits per heavy atom. The van der Waals surface area contributed by atoms with Crippen LogP contribution in [0.25, 0.3) is 22.5 Å². The number of tetrazole rings is 1. The average molecular weight is 566 g/mol. The van der Waals surface area contributed by atoms with Gasteiger partial charge >= 0.3 is 0 Å². The van der Waals surface area contributed by atoms with Gasteiger partial charge in [-0.25, -0.2) is 0 Å². The fourth-order valence-corrected chi connectivity index (χ4v) is 4.85. The van der Waals surface area contributed by atoms with Crippen molar-refractivity contribution in [3.05, 3.63) is 64.2 Å². The number of aromatic amines is 1. The number of rotatable bonds is 17. The van der Waals surface area contributed by atoms with Crippen LogP contribution in [0.5, 0.6) is 0 Å². The molecule has 0 saturated carbocycles. The molecule has 2 aromatic carbocycles. The maximum absolute atomic E-state index is 13.8. The van der Waals surface area contributed by atoms with Crippen molar-refractivity contribution in [2.24, 2.45) is 5.92 Å². The molecule has 0 radical (unpaired) electrons. The predicted molar refractivity (Wildman–Crippen MR) is 154 cm³/mol. The van der Waals surface area contributed by atoms with Gasteiger partial charge in [-0.2, -0.15) is 5.21 Å². The van der Waals surface area contributed by atoms with E-state index in [0.29, 0.717) is 25.2 Å². The lowest BCUT2D eigenvalue weighted by Gasteiger charge is -2.35. The summed E-state index contributed by atoms with van der Waals surface area (Å²) in [6, 6.07) is 14.6. The Balaban J connectivity index is 1.91. The quantitative estimate of drug-likeness (QED) is 0.139. The SMILES string of the molecule is CCCCC(=O)N(Cc1ccc(-c2ccccc2-c2nn[nH]n2)cc1)[C@@H](C(=O)C(CCCNC)O[N+](=O)[O-])C(C)C. The zero-order valence-electron chi connectivity index (χ0n) is 24.1. The lowest BCUT2D eigenvalue weighted by Crippen LogP contribution is -2.51. The molecule has 0 bridgehead atoms. The van der Waals surface area contributed by atoms with E-state index in [4.69, 9.17) is 4.84 Å². The topological polar surface area (TPSA) is 156 Å². The van der Waals surface area contributed by atoms with Crippen LogP contribution in [0.2, 0.25) is 0 Å². The lowest BCUT2D eigenvalue weighted by molar-refractivity contribution is -0.764. The molecule has 12 nitrogen and oxygen atoms in total. The van der Waals surface area contributed by atoms with E-state index >= 15 is 0 Å². The monoisotopic (exact) mass is 565 g/mol. The molecule has 0 saturated heterocycles. The number of carbonyl (C=O) groups is 2. The van der Waals surface area contributed by atoms with E-state index in [2.05, 4.69) is 25.9 Å². The standard InChI is InChI=1S/C29H39N7O5/c1-5-6-13-26(37)35(27(20(2)3)28(38)25(41-36(39)40)12-9-18-30-4)19-21-14-16-22(17-15-21)23-10-7-8-11-24(23)29-31-33-34-32-29/h7-8,10-11,14-17,20,25,27,30H,5-6,9,12-13,18-19H2,1-4H3,(H,31,32,33,34)/t25?,27-/m1/s1. The molecule has 0 fully saturated rings. The first-order valence-electron chi connectivity index (χ1n) is 14.0. The van der Waals surface area contributed by atoms with Gasteiger partial charge < -0.3 is 15.1 Å². The molecule has 2 N–H and O–H groups in total. The van der Waals surface area contributed by atoms with Crippen LogP contribution in [0.3, 0.4) is 0 Å². The Labute approximate surface area is 240 Å². The number of H-pyrrole nitrogens is 1. The number of nitrogens with zero attached hydrogens (tertiary/aromatic N) is 5. The molecule has 1 amide bonds. The van der Waals surface area contributed by atoms with Crippen molar-refractivity contribution in [3.8, 4) is 22.5 Å². The molecule has 0 aliphatic carbocycles. The Bertz CT molecular complexity index is 1260. The van der Waals surface area contributed by atoms with E-state index in [-0.39, 0.29) is 31.2 Å². The zero-order valence-corrected chi connectivity index (χ0v) is 24.1. The molecular formula is C29H39N7O5. The van der Waals surface area contributed by atoms with E-state index < -0.39 is 23.0 Å². The fraction of sp³-hybridized carbons (Fsp3) is 0.483. The summed E-state index contributed by atoms with van der Waals surface area (Å²) in [5, 5.41) is 27.6. The average Bonchev–Trinajstić information content (AvgIpc) is 3.50. The number of hydrogen-bond donors (Lipinski definition) is 2. The summed E-state index contributed by atoms with van der Waals surface area (Å²) in [6.45, 7) is 6.45. The van der Waals surface area contributed by atoms with Gasteiger partial charge in [0.1, 0.15) is 0 Å². The largest absolute Gasteiger partial charge is 0.328 e. The molecule has 3 rings (SSSR count). The highest BCUT2D eigenvalue weighted by atomic mass is 17.0. The van der Waals surface area contributed by atoms with Gasteiger partial charge in [0.2, 0.25) is 11.7 Å². The van der Waals surface area contributed by atoms with E-state index in [1.807, 2.05) is 69.3 Å². The number of carbonyl (C=O) groups excluding carboxylic acids is 2. The number of amides is 1. The maximum atomic E-state index is 13.8. The number of nitrogens with one attached hydrogen (secondary N) is 2. The van der Waals surface area contributed by atoms with Crippen molar-refractivity contribution in [1.82, 2.24) is 30.8 Å². The van der Waals surface area contributed by atoms with Gasteiger partial charge in [0, 0.05) is 18.5 Å². The second kappa shape index (κ2) is 15.6. The van der Waals surface area contributed by atoms with Gasteiger partial charge in [0.25, 0.3) is 5.09 Å². The normalized spacial score (nSPS) is 12.6. The molecule has 1 aromatic heterocycles. The molecule has 0 aliphatic rings. The first kappa shape index (κ1) is 31.3. The lowest BCUT2D eigenvalue weighted by atomic mass is 9.91. The highest BCUT2D eigenvalue weighted by Crippen LogP contribution is 2.30. The molecule has 1 unspecified atom stereocenters. The van der Waals surface area contributed by atoms with Gasteiger partial charge in [0.05, 0.1) is 6.04 Å². The number of unbranched alkanes of at least 4 members (excludes halogenated alkanes) is 1. The third-order valence-electron chi connectivity index (χ3n) is 6.88. The van der Waals surface area contributed by atoms with Crippen LogP contribution >= 0.6 is 0 Å². The van der Waals surface area contributed by atoms with Crippen molar-refractivity contribution >= 4 is 11.7 Å². The van der Waals surface area contributed by atoms with Crippen LogP contribution in [0, 0.1) is 16.0 Å². The van der Waals surface area contributed by atoms with E-state index in [9.17, 15) is 19.7 Å². The molecule has 220 valence electrons. The Morgan fingerprint density at radius 1 is 1.10 bits per heavy atom. The van der Waals surface area contributed by atoms with Gasteiger partial charge in [-0.3, -0.25) is 9.59 Å². The second-order valence-electron chi connectivity index (χ2n) is 10.3. The number of hydrogen-bond acceptors (Lipinski definition) is 9. The number of ketones is 1. The molecular weight excluding hydrogens is 526 g/mol. The highest BCUT2D eigenvalue weighted by Gasteiger charge is 2.37. The van der Waals surface area contributed by atoms with Gasteiger partial charge in [0.15, 0.2) is 11.9 Å². The summed E-state index contributed by atoms with van der Waals surface area (Å²) in [7, 11) is 1.77. The van der Waals surface area contributed by atoms with Gasteiger partial charge in [-0.05, 0) is 60.7 Å². The first-order valence-corrected chi connectivity index (χ1v) is 14.0. The van der Waals surface area contributed by atoms with Crippen LogP contribution in [0.1, 0.15) is 58.4 Å². The summed E-state index contributed by atoms with van der Waals surface area (Å²) in [6.07, 6.45) is 1.22. The Morgan fingerprint density at radius 3 is 2.39 bits per heavy atom. The predicted octanol–water partition coefficient (Wildman–Crippen LogP) is 4.22. The van der Waals surface area contributed by atoms with Crippen LogP contribution in [0.4, 0.5) is 0 Å².